The van der Waals surface area contributed by atoms with E-state index in [2.05, 4.69) is 5.32 Å². The second kappa shape index (κ2) is 8.81. The van der Waals surface area contributed by atoms with Gasteiger partial charge >= 0.3 is 12.0 Å². The summed E-state index contributed by atoms with van der Waals surface area (Å²) in [5, 5.41) is 11.2. The quantitative estimate of drug-likeness (QED) is 0.620. The van der Waals surface area contributed by atoms with Crippen molar-refractivity contribution in [1.29, 1.82) is 0 Å². The van der Waals surface area contributed by atoms with E-state index in [-0.39, 0.29) is 18.4 Å². The first kappa shape index (κ1) is 15.7. The van der Waals surface area contributed by atoms with E-state index in [4.69, 9.17) is 9.84 Å². The molecule has 0 spiro atoms. The van der Waals surface area contributed by atoms with Crippen LogP contribution < -0.4 is 5.32 Å². The lowest BCUT2D eigenvalue weighted by molar-refractivity contribution is -0.137. The van der Waals surface area contributed by atoms with E-state index in [1.807, 2.05) is 6.92 Å². The van der Waals surface area contributed by atoms with Gasteiger partial charge in [-0.25, -0.2) is 4.79 Å². The highest BCUT2D eigenvalue weighted by Gasteiger charge is 2.11. The van der Waals surface area contributed by atoms with Gasteiger partial charge in [0.1, 0.15) is 0 Å². The van der Waals surface area contributed by atoms with Crippen LogP contribution in [-0.2, 0) is 9.53 Å². The number of nitrogens with zero attached hydrogens (tertiary/aromatic N) is 1. The van der Waals surface area contributed by atoms with E-state index < -0.39 is 5.97 Å². The molecule has 6 nitrogen and oxygen atoms in total. The number of carbonyl (C=O) groups excluding carboxylic acids is 1. The summed E-state index contributed by atoms with van der Waals surface area (Å²) < 4.78 is 5.13. The Hall–Kier alpha value is -1.30. The number of likely N-dealkylation sites (N-methyl/N-ethyl adjacent to an activating group) is 1. The number of urea groups is 1. The van der Waals surface area contributed by atoms with Gasteiger partial charge in [0.2, 0.25) is 0 Å². The van der Waals surface area contributed by atoms with Crippen LogP contribution in [0, 0.1) is 5.92 Å². The zero-order valence-corrected chi connectivity index (χ0v) is 10.7. The molecule has 2 N–H and O–H groups in total. The number of carboxylic acids is 1. The SMILES string of the molecule is CCOCCN(C)C(=O)NCC(C)CC(=O)O. The third-order valence-corrected chi connectivity index (χ3v) is 2.25. The van der Waals surface area contributed by atoms with E-state index in [1.54, 1.807) is 14.0 Å². The Morgan fingerprint density at radius 2 is 2.12 bits per heavy atom. The number of hydrogen-bond donors (Lipinski definition) is 2. The first-order valence-electron chi connectivity index (χ1n) is 5.75. The van der Waals surface area contributed by atoms with Crippen molar-refractivity contribution in [2.75, 3.05) is 33.4 Å². The van der Waals surface area contributed by atoms with Gasteiger partial charge in [-0.2, -0.15) is 0 Å². The highest BCUT2D eigenvalue weighted by molar-refractivity contribution is 5.74. The van der Waals surface area contributed by atoms with Crippen molar-refractivity contribution in [1.82, 2.24) is 10.2 Å². The molecule has 0 aliphatic carbocycles. The van der Waals surface area contributed by atoms with Gasteiger partial charge in [-0.15, -0.1) is 0 Å². The van der Waals surface area contributed by atoms with Crippen molar-refractivity contribution in [3.63, 3.8) is 0 Å². The lowest BCUT2D eigenvalue weighted by atomic mass is 10.1. The summed E-state index contributed by atoms with van der Waals surface area (Å²) >= 11 is 0. The van der Waals surface area contributed by atoms with E-state index in [0.717, 1.165) is 0 Å². The van der Waals surface area contributed by atoms with Crippen molar-refractivity contribution < 1.29 is 19.4 Å². The summed E-state index contributed by atoms with van der Waals surface area (Å²) in [6.07, 6.45) is 0.0585. The van der Waals surface area contributed by atoms with Gasteiger partial charge < -0.3 is 20.1 Å². The molecule has 0 aliphatic rings. The van der Waals surface area contributed by atoms with Crippen LogP contribution in [0.3, 0.4) is 0 Å². The molecule has 100 valence electrons. The maximum absolute atomic E-state index is 11.5. The van der Waals surface area contributed by atoms with Crippen LogP contribution in [-0.4, -0.2) is 55.4 Å². The summed E-state index contributed by atoms with van der Waals surface area (Å²) in [5.74, 6) is -0.923. The van der Waals surface area contributed by atoms with Crippen molar-refractivity contribution >= 4 is 12.0 Å². The minimum atomic E-state index is -0.851. The number of ether oxygens (including phenoxy) is 1. The van der Waals surface area contributed by atoms with Gasteiger partial charge in [0, 0.05) is 33.2 Å². The van der Waals surface area contributed by atoms with Crippen molar-refractivity contribution in [3.8, 4) is 0 Å². The maximum atomic E-state index is 11.5. The topological polar surface area (TPSA) is 78.9 Å². The summed E-state index contributed by atoms with van der Waals surface area (Å²) in [4.78, 5) is 23.5. The average molecular weight is 246 g/mol. The van der Waals surface area contributed by atoms with Gasteiger partial charge in [0.05, 0.1) is 6.61 Å². The van der Waals surface area contributed by atoms with Crippen molar-refractivity contribution in [2.45, 2.75) is 20.3 Å². The van der Waals surface area contributed by atoms with Crippen LogP contribution in [0.4, 0.5) is 4.79 Å². The molecule has 0 radical (unpaired) electrons. The number of nitrogens with one attached hydrogen (secondary N) is 1. The van der Waals surface area contributed by atoms with E-state index in [9.17, 15) is 9.59 Å². The first-order chi connectivity index (χ1) is 7.97. The van der Waals surface area contributed by atoms with Crippen molar-refractivity contribution in [2.24, 2.45) is 5.92 Å². The molecule has 1 atom stereocenters. The zero-order valence-electron chi connectivity index (χ0n) is 10.7. The molecule has 17 heavy (non-hydrogen) atoms. The molecule has 0 aliphatic heterocycles. The second-order valence-corrected chi connectivity index (χ2v) is 4.01. The summed E-state index contributed by atoms with van der Waals surface area (Å²) in [6.45, 7) is 5.70. The predicted octanol–water partition coefficient (Wildman–Crippen LogP) is 0.775. The fraction of sp³-hybridized carbons (Fsp3) is 0.818. The van der Waals surface area contributed by atoms with E-state index >= 15 is 0 Å². The van der Waals surface area contributed by atoms with Crippen LogP contribution in [0.5, 0.6) is 0 Å². The minimum Gasteiger partial charge on any atom is -0.481 e. The maximum Gasteiger partial charge on any atom is 0.317 e. The molecule has 0 aromatic carbocycles. The van der Waals surface area contributed by atoms with Gasteiger partial charge in [-0.1, -0.05) is 6.92 Å². The van der Waals surface area contributed by atoms with Crippen LogP contribution in [0.2, 0.25) is 0 Å². The number of hydrogen-bond acceptors (Lipinski definition) is 3. The smallest absolute Gasteiger partial charge is 0.317 e. The Labute approximate surface area is 102 Å². The van der Waals surface area contributed by atoms with Gasteiger partial charge in [0.25, 0.3) is 0 Å². The van der Waals surface area contributed by atoms with Gasteiger partial charge in [-0.3, -0.25) is 4.79 Å². The summed E-state index contributed by atoms with van der Waals surface area (Å²) in [7, 11) is 1.68. The molecule has 2 amide bonds. The number of carbonyl (C=O) groups is 2. The Bertz CT molecular complexity index is 246. The Balaban J connectivity index is 3.73. The van der Waals surface area contributed by atoms with Crippen LogP contribution in [0.15, 0.2) is 0 Å². The molecule has 0 fully saturated rings. The van der Waals surface area contributed by atoms with Crippen LogP contribution in [0.25, 0.3) is 0 Å². The highest BCUT2D eigenvalue weighted by atomic mass is 16.5. The normalized spacial score (nSPS) is 11.9. The Kier molecular flexibility index (Phi) is 8.13. The highest BCUT2D eigenvalue weighted by Crippen LogP contribution is 1.99. The fourth-order valence-corrected chi connectivity index (χ4v) is 1.21. The number of rotatable bonds is 8. The molecular formula is C11H22N2O4. The lowest BCUT2D eigenvalue weighted by Gasteiger charge is -2.19. The summed E-state index contributed by atoms with van der Waals surface area (Å²) in [5.41, 5.74) is 0. The zero-order chi connectivity index (χ0) is 13.3. The molecule has 0 heterocycles. The van der Waals surface area contributed by atoms with E-state index in [1.165, 1.54) is 4.90 Å². The Morgan fingerprint density at radius 1 is 1.47 bits per heavy atom. The number of amides is 2. The minimum absolute atomic E-state index is 0.0585. The third-order valence-electron chi connectivity index (χ3n) is 2.25. The second-order valence-electron chi connectivity index (χ2n) is 4.01. The van der Waals surface area contributed by atoms with E-state index in [0.29, 0.717) is 26.3 Å². The largest absolute Gasteiger partial charge is 0.481 e. The van der Waals surface area contributed by atoms with Crippen LogP contribution in [0.1, 0.15) is 20.3 Å². The molecule has 1 unspecified atom stereocenters. The lowest BCUT2D eigenvalue weighted by Crippen LogP contribution is -2.41. The monoisotopic (exact) mass is 246 g/mol. The van der Waals surface area contributed by atoms with Gasteiger partial charge in [0.15, 0.2) is 0 Å². The molecule has 0 aromatic heterocycles. The van der Waals surface area contributed by atoms with Crippen LogP contribution >= 0.6 is 0 Å². The molecular weight excluding hydrogens is 224 g/mol. The standard InChI is InChI=1S/C11H22N2O4/c1-4-17-6-5-13(3)11(16)12-8-9(2)7-10(14)15/h9H,4-8H2,1-3H3,(H,12,16)(H,14,15). The summed E-state index contributed by atoms with van der Waals surface area (Å²) in [6, 6.07) is -0.207. The molecule has 0 aromatic rings. The Morgan fingerprint density at radius 3 is 2.65 bits per heavy atom. The average Bonchev–Trinajstić information content (AvgIpc) is 2.25. The molecule has 0 saturated heterocycles. The number of carboxylic acid groups (broad SMARTS) is 1. The first-order valence-corrected chi connectivity index (χ1v) is 5.75. The fourth-order valence-electron chi connectivity index (χ4n) is 1.21. The third kappa shape index (κ3) is 8.50. The molecule has 0 bridgehead atoms. The molecule has 0 saturated carbocycles. The van der Waals surface area contributed by atoms with Gasteiger partial charge in [-0.05, 0) is 12.8 Å². The number of aliphatic carboxylic acids is 1. The predicted molar refractivity (Wildman–Crippen MR) is 63.9 cm³/mol. The molecule has 6 heteroatoms. The molecule has 0 rings (SSSR count). The van der Waals surface area contributed by atoms with Crippen molar-refractivity contribution in [3.05, 3.63) is 0 Å².